The van der Waals surface area contributed by atoms with Crippen molar-refractivity contribution in [1.29, 1.82) is 0 Å². The van der Waals surface area contributed by atoms with Gasteiger partial charge in [-0.1, -0.05) is 41.4 Å². The lowest BCUT2D eigenvalue weighted by Crippen LogP contribution is -2.31. The fourth-order valence-corrected chi connectivity index (χ4v) is 3.25. The number of rotatable bonds is 4. The Bertz CT molecular complexity index is 845. The average molecular weight is 372 g/mol. The van der Waals surface area contributed by atoms with Crippen LogP contribution in [0.15, 0.2) is 48.5 Å². The third-order valence-electron chi connectivity index (χ3n) is 4.37. The summed E-state index contributed by atoms with van der Waals surface area (Å²) >= 11 is 5.96. The van der Waals surface area contributed by atoms with Crippen molar-refractivity contribution in [2.75, 3.05) is 11.5 Å². The molecule has 2 aromatic rings. The van der Waals surface area contributed by atoms with Gasteiger partial charge in [-0.3, -0.25) is 19.3 Å². The molecule has 5 nitrogen and oxygen atoms in total. The van der Waals surface area contributed by atoms with Crippen LogP contribution in [0.5, 0.6) is 0 Å². The Morgan fingerprint density at radius 2 is 1.69 bits per heavy atom. The molecule has 6 heteroatoms. The summed E-state index contributed by atoms with van der Waals surface area (Å²) < 4.78 is 5.06. The van der Waals surface area contributed by atoms with Crippen LogP contribution in [0.4, 0.5) is 5.69 Å². The van der Waals surface area contributed by atoms with E-state index in [0.717, 1.165) is 5.56 Å². The second kappa shape index (κ2) is 7.30. The highest BCUT2D eigenvalue weighted by molar-refractivity contribution is 6.47. The van der Waals surface area contributed by atoms with Gasteiger partial charge in [0.2, 0.25) is 5.78 Å². The molecule has 1 heterocycles. The Kier molecular flexibility index (Phi) is 5.09. The minimum absolute atomic E-state index is 0.134. The summed E-state index contributed by atoms with van der Waals surface area (Å²) in [6.07, 6.45) is 0. The second-order valence-corrected chi connectivity index (χ2v) is 6.54. The van der Waals surface area contributed by atoms with Crippen LogP contribution >= 0.6 is 11.6 Å². The maximum absolute atomic E-state index is 12.7. The van der Waals surface area contributed by atoms with Crippen LogP contribution in [0.1, 0.15) is 24.1 Å². The Morgan fingerprint density at radius 3 is 2.27 bits per heavy atom. The lowest BCUT2D eigenvalue weighted by atomic mass is 9.92. The molecule has 0 bridgehead atoms. The zero-order valence-corrected chi connectivity index (χ0v) is 15.2. The first kappa shape index (κ1) is 18.1. The highest BCUT2D eigenvalue weighted by atomic mass is 35.5. The lowest BCUT2D eigenvalue weighted by molar-refractivity contribution is -0.152. The summed E-state index contributed by atoms with van der Waals surface area (Å²) in [5.74, 6) is -3.37. The summed E-state index contributed by atoms with van der Waals surface area (Å²) in [5.41, 5.74) is 2.23. The number of esters is 1. The van der Waals surface area contributed by atoms with Crippen molar-refractivity contribution >= 4 is 34.9 Å². The van der Waals surface area contributed by atoms with Crippen LogP contribution in [0.3, 0.4) is 0 Å². The normalized spacial score (nSPS) is 19.7. The molecule has 26 heavy (non-hydrogen) atoms. The number of Topliss-reactive ketones (excluding diaryl/α,β-unsaturated/α-hetero) is 1. The van der Waals surface area contributed by atoms with Crippen LogP contribution in [0.25, 0.3) is 0 Å². The van der Waals surface area contributed by atoms with Crippen LogP contribution < -0.4 is 4.90 Å². The summed E-state index contributed by atoms with van der Waals surface area (Å²) in [4.78, 5) is 39.1. The van der Waals surface area contributed by atoms with Gasteiger partial charge in [0, 0.05) is 10.7 Å². The number of carbonyl (C=O) groups excluding carboxylic acids is 3. The van der Waals surface area contributed by atoms with Crippen molar-refractivity contribution in [3.8, 4) is 0 Å². The van der Waals surface area contributed by atoms with E-state index < -0.39 is 29.6 Å². The molecule has 2 aromatic carbocycles. The molecule has 1 saturated heterocycles. The van der Waals surface area contributed by atoms with Gasteiger partial charge in [-0.2, -0.15) is 0 Å². The number of ketones is 1. The minimum atomic E-state index is -1.20. The molecule has 1 fully saturated rings. The van der Waals surface area contributed by atoms with Crippen molar-refractivity contribution in [2.45, 2.75) is 19.9 Å². The van der Waals surface area contributed by atoms with E-state index in [4.69, 9.17) is 16.3 Å². The van der Waals surface area contributed by atoms with Gasteiger partial charge in [-0.05, 0) is 43.7 Å². The van der Waals surface area contributed by atoms with E-state index in [-0.39, 0.29) is 6.61 Å². The van der Waals surface area contributed by atoms with Crippen molar-refractivity contribution in [1.82, 2.24) is 0 Å². The fraction of sp³-hybridized carbons (Fsp3) is 0.250. The zero-order valence-electron chi connectivity index (χ0n) is 14.4. The van der Waals surface area contributed by atoms with Gasteiger partial charge in [0.05, 0.1) is 12.6 Å². The second-order valence-electron chi connectivity index (χ2n) is 6.10. The number of hydrogen-bond donors (Lipinski definition) is 0. The quantitative estimate of drug-likeness (QED) is 0.469. The van der Waals surface area contributed by atoms with Crippen LogP contribution in [0, 0.1) is 12.8 Å². The van der Waals surface area contributed by atoms with Gasteiger partial charge in [-0.25, -0.2) is 0 Å². The first-order valence-electron chi connectivity index (χ1n) is 8.30. The predicted octanol–water partition coefficient (Wildman–Crippen LogP) is 3.48. The summed E-state index contributed by atoms with van der Waals surface area (Å²) in [5, 5.41) is 0.527. The summed E-state index contributed by atoms with van der Waals surface area (Å²) in [7, 11) is 0. The molecular weight excluding hydrogens is 354 g/mol. The van der Waals surface area contributed by atoms with Gasteiger partial charge >= 0.3 is 5.97 Å². The molecule has 2 unspecified atom stereocenters. The average Bonchev–Trinajstić information content (AvgIpc) is 2.88. The van der Waals surface area contributed by atoms with E-state index in [2.05, 4.69) is 0 Å². The fourth-order valence-electron chi connectivity index (χ4n) is 3.12. The Balaban J connectivity index is 2.12. The smallest absolute Gasteiger partial charge is 0.319 e. The van der Waals surface area contributed by atoms with Crippen molar-refractivity contribution in [2.24, 2.45) is 5.92 Å². The third-order valence-corrected chi connectivity index (χ3v) is 4.62. The maximum atomic E-state index is 12.7. The topological polar surface area (TPSA) is 63.7 Å². The molecule has 1 aliphatic heterocycles. The van der Waals surface area contributed by atoms with E-state index in [9.17, 15) is 14.4 Å². The van der Waals surface area contributed by atoms with E-state index in [1.807, 2.05) is 19.1 Å². The predicted molar refractivity (Wildman–Crippen MR) is 98.0 cm³/mol. The summed E-state index contributed by atoms with van der Waals surface area (Å²) in [6, 6.07) is 13.2. The molecular formula is C20H18ClNO4. The number of halogens is 1. The number of amides is 1. The first-order valence-corrected chi connectivity index (χ1v) is 8.68. The molecule has 0 aromatic heterocycles. The Morgan fingerprint density at radius 1 is 1.08 bits per heavy atom. The van der Waals surface area contributed by atoms with E-state index in [1.54, 1.807) is 43.3 Å². The highest BCUT2D eigenvalue weighted by Crippen LogP contribution is 2.40. The SMILES string of the molecule is CCOC(=O)C1C(=O)C(=O)N(c2ccc(C)cc2)C1c1ccc(Cl)cc1. The zero-order chi connectivity index (χ0) is 18.8. The Hall–Kier alpha value is -2.66. The molecule has 2 atom stereocenters. The largest absolute Gasteiger partial charge is 0.465 e. The van der Waals surface area contributed by atoms with Gasteiger partial charge in [-0.15, -0.1) is 0 Å². The van der Waals surface area contributed by atoms with Crippen LogP contribution in [0.2, 0.25) is 5.02 Å². The van der Waals surface area contributed by atoms with E-state index >= 15 is 0 Å². The van der Waals surface area contributed by atoms with Gasteiger partial charge < -0.3 is 4.74 Å². The van der Waals surface area contributed by atoms with Crippen LogP contribution in [-0.4, -0.2) is 24.3 Å². The monoisotopic (exact) mass is 371 g/mol. The van der Waals surface area contributed by atoms with Gasteiger partial charge in [0.25, 0.3) is 5.91 Å². The molecule has 0 aliphatic carbocycles. The van der Waals surface area contributed by atoms with Crippen LogP contribution in [-0.2, 0) is 19.1 Å². The highest BCUT2D eigenvalue weighted by Gasteiger charge is 2.53. The maximum Gasteiger partial charge on any atom is 0.319 e. The molecule has 134 valence electrons. The minimum Gasteiger partial charge on any atom is -0.465 e. The van der Waals surface area contributed by atoms with Gasteiger partial charge in [0.15, 0.2) is 0 Å². The third kappa shape index (κ3) is 3.22. The number of ether oxygens (including phenoxy) is 1. The van der Waals surface area contributed by atoms with E-state index in [0.29, 0.717) is 16.3 Å². The molecule has 0 saturated carbocycles. The molecule has 0 N–H and O–H groups in total. The first-order chi connectivity index (χ1) is 12.4. The molecule has 0 spiro atoms. The number of hydrogen-bond acceptors (Lipinski definition) is 4. The Labute approximate surface area is 156 Å². The van der Waals surface area contributed by atoms with Crippen molar-refractivity contribution in [3.63, 3.8) is 0 Å². The lowest BCUT2D eigenvalue weighted by Gasteiger charge is -2.27. The number of aryl methyl sites for hydroxylation is 1. The molecule has 1 amide bonds. The van der Waals surface area contributed by atoms with Crippen molar-refractivity contribution in [3.05, 3.63) is 64.7 Å². The number of anilines is 1. The van der Waals surface area contributed by atoms with E-state index in [1.165, 1.54) is 4.90 Å². The molecule has 0 radical (unpaired) electrons. The summed E-state index contributed by atoms with van der Waals surface area (Å²) in [6.45, 7) is 3.72. The van der Waals surface area contributed by atoms with Crippen molar-refractivity contribution < 1.29 is 19.1 Å². The number of nitrogens with zero attached hydrogens (tertiary/aromatic N) is 1. The van der Waals surface area contributed by atoms with Gasteiger partial charge in [0.1, 0.15) is 5.92 Å². The number of carbonyl (C=O) groups is 3. The molecule has 1 aliphatic rings. The molecule has 3 rings (SSSR count). The standard InChI is InChI=1S/C20H18ClNO4/c1-3-26-20(25)16-17(13-6-8-14(21)9-7-13)22(19(24)18(16)23)15-10-4-12(2)5-11-15/h4-11,16-17H,3H2,1-2H3. The number of benzene rings is 2.